The number of anilines is 1. The first-order chi connectivity index (χ1) is 17.5. The van der Waals surface area contributed by atoms with Crippen LogP contribution in [-0.2, 0) is 23.8 Å². The minimum atomic E-state index is -4.08. The highest BCUT2D eigenvalue weighted by Gasteiger charge is 2.75. The number of aliphatic hydroxyl groups is 1. The van der Waals surface area contributed by atoms with Gasteiger partial charge in [-0.25, -0.2) is 0 Å². The van der Waals surface area contributed by atoms with Crippen molar-refractivity contribution in [1.82, 2.24) is 0 Å². The number of carbonyl (C=O) groups is 1. The van der Waals surface area contributed by atoms with Gasteiger partial charge in [0.15, 0.2) is 0 Å². The first-order valence-corrected chi connectivity index (χ1v) is 14.3. The molecule has 2 aliphatic carbocycles. The zero-order valence-electron chi connectivity index (χ0n) is 21.6. The summed E-state index contributed by atoms with van der Waals surface area (Å²) in [6.07, 6.45) is 6.48. The number of nitrogens with zero attached hydrogens (tertiary/aromatic N) is 1. The van der Waals surface area contributed by atoms with E-state index in [0.29, 0.717) is 11.1 Å². The van der Waals surface area contributed by atoms with Crippen LogP contribution in [-0.4, -0.2) is 51.7 Å². The average molecular weight is 526 g/mol. The number of aliphatic hydroxyl groups excluding tert-OH is 1. The molecule has 2 aromatic rings. The van der Waals surface area contributed by atoms with E-state index in [1.807, 2.05) is 50.2 Å². The average Bonchev–Trinajstić information content (AvgIpc) is 3.05. The van der Waals surface area contributed by atoms with E-state index in [0.717, 1.165) is 30.3 Å². The van der Waals surface area contributed by atoms with Gasteiger partial charge in [0.05, 0.1) is 18.6 Å². The fourth-order valence-corrected chi connectivity index (χ4v) is 7.84. The van der Waals surface area contributed by atoms with Crippen LogP contribution < -0.4 is 4.90 Å². The SMILES string of the molecule is C=C1O[C@@]2(C)[C@@H](CCOS(=O)(=O)c3cccc4c(N(C)C)cccc34)C(=O)C[C@@]12[C@@H](O)[C@@H]1C=CCCC1. The summed E-state index contributed by atoms with van der Waals surface area (Å²) in [7, 11) is -0.263. The maximum atomic E-state index is 13.2. The third-order valence-electron chi connectivity index (χ3n) is 8.68. The van der Waals surface area contributed by atoms with Gasteiger partial charge in [-0.05, 0) is 44.7 Å². The van der Waals surface area contributed by atoms with Crippen molar-refractivity contribution in [2.75, 3.05) is 25.6 Å². The van der Waals surface area contributed by atoms with E-state index in [-0.39, 0.29) is 36.0 Å². The Kier molecular flexibility index (Phi) is 6.49. The molecule has 3 aliphatic rings. The summed E-state index contributed by atoms with van der Waals surface area (Å²) < 4.78 is 38.0. The number of hydrogen-bond acceptors (Lipinski definition) is 7. The molecule has 2 fully saturated rings. The Bertz CT molecular complexity index is 1380. The molecule has 0 amide bonds. The molecule has 1 aliphatic heterocycles. The maximum Gasteiger partial charge on any atom is 0.297 e. The number of fused-ring (bicyclic) bond motifs is 2. The van der Waals surface area contributed by atoms with Crippen LogP contribution in [0.15, 0.2) is 65.8 Å². The zero-order chi connectivity index (χ0) is 26.6. The van der Waals surface area contributed by atoms with E-state index in [4.69, 9.17) is 8.92 Å². The maximum absolute atomic E-state index is 13.2. The molecule has 1 heterocycles. The summed E-state index contributed by atoms with van der Waals surface area (Å²) in [5, 5.41) is 12.8. The van der Waals surface area contributed by atoms with Crippen molar-refractivity contribution in [3.63, 3.8) is 0 Å². The van der Waals surface area contributed by atoms with Crippen molar-refractivity contribution in [3.05, 3.63) is 60.9 Å². The number of rotatable bonds is 8. The first kappa shape index (κ1) is 25.9. The second-order valence-corrected chi connectivity index (χ2v) is 12.4. The summed E-state index contributed by atoms with van der Waals surface area (Å²) in [6, 6.07) is 10.6. The van der Waals surface area contributed by atoms with Crippen LogP contribution in [0.4, 0.5) is 5.69 Å². The van der Waals surface area contributed by atoms with Crippen molar-refractivity contribution in [2.45, 2.75) is 55.6 Å². The van der Waals surface area contributed by atoms with Crippen LogP contribution in [0.25, 0.3) is 10.8 Å². The molecule has 7 nitrogen and oxygen atoms in total. The van der Waals surface area contributed by atoms with E-state index in [1.54, 1.807) is 12.1 Å². The molecule has 0 bridgehead atoms. The van der Waals surface area contributed by atoms with Crippen LogP contribution in [0.2, 0.25) is 0 Å². The van der Waals surface area contributed by atoms with Crippen molar-refractivity contribution >= 4 is 32.4 Å². The smallest absolute Gasteiger partial charge is 0.297 e. The highest BCUT2D eigenvalue weighted by Crippen LogP contribution is 2.67. The number of hydrogen-bond donors (Lipinski definition) is 1. The summed E-state index contributed by atoms with van der Waals surface area (Å²) in [4.78, 5) is 15.2. The topological polar surface area (TPSA) is 93.1 Å². The van der Waals surface area contributed by atoms with Crippen LogP contribution in [0.5, 0.6) is 0 Å². The number of Topliss-reactive ketones (excluding diaryl/α,β-unsaturated/α-hetero) is 1. The summed E-state index contributed by atoms with van der Waals surface area (Å²) in [5.41, 5.74) is -0.902. The van der Waals surface area contributed by atoms with Gasteiger partial charge in [-0.2, -0.15) is 8.42 Å². The van der Waals surface area contributed by atoms with Crippen molar-refractivity contribution in [1.29, 1.82) is 0 Å². The minimum absolute atomic E-state index is 0.0539. The summed E-state index contributed by atoms with van der Waals surface area (Å²) in [6.45, 7) is 5.70. The van der Waals surface area contributed by atoms with Gasteiger partial charge >= 0.3 is 0 Å². The lowest BCUT2D eigenvalue weighted by molar-refractivity contribution is -0.243. The van der Waals surface area contributed by atoms with Gasteiger partial charge in [-0.15, -0.1) is 0 Å². The highest BCUT2D eigenvalue weighted by atomic mass is 32.2. The Labute approximate surface area is 218 Å². The van der Waals surface area contributed by atoms with Crippen LogP contribution >= 0.6 is 0 Å². The van der Waals surface area contributed by atoms with Crippen molar-refractivity contribution in [3.8, 4) is 0 Å². The molecule has 5 atom stereocenters. The quantitative estimate of drug-likeness (QED) is 0.398. The van der Waals surface area contributed by atoms with Gasteiger partial charge < -0.3 is 14.7 Å². The predicted octanol–water partition coefficient (Wildman–Crippen LogP) is 4.60. The molecule has 1 saturated heterocycles. The molecule has 198 valence electrons. The van der Waals surface area contributed by atoms with Gasteiger partial charge in [0, 0.05) is 42.9 Å². The third kappa shape index (κ3) is 3.92. The van der Waals surface area contributed by atoms with E-state index in [9.17, 15) is 18.3 Å². The molecule has 0 aromatic heterocycles. The molecule has 0 radical (unpaired) electrons. The van der Waals surface area contributed by atoms with Gasteiger partial charge in [0.2, 0.25) is 0 Å². The first-order valence-electron chi connectivity index (χ1n) is 12.9. The van der Waals surface area contributed by atoms with E-state index < -0.39 is 33.2 Å². The highest BCUT2D eigenvalue weighted by molar-refractivity contribution is 7.87. The largest absolute Gasteiger partial charge is 0.490 e. The molecule has 8 heteroatoms. The summed E-state index contributed by atoms with van der Waals surface area (Å²) in [5.74, 6) is -0.265. The lowest BCUT2D eigenvalue weighted by Crippen LogP contribution is -2.65. The van der Waals surface area contributed by atoms with E-state index >= 15 is 0 Å². The molecule has 1 N–H and O–H groups in total. The Morgan fingerprint density at radius 2 is 1.95 bits per heavy atom. The number of carbonyl (C=O) groups excluding carboxylic acids is 1. The van der Waals surface area contributed by atoms with Gasteiger partial charge in [0.1, 0.15) is 27.5 Å². The Morgan fingerprint density at radius 3 is 2.62 bits per heavy atom. The number of benzene rings is 2. The Hall–Kier alpha value is -2.68. The van der Waals surface area contributed by atoms with Crippen molar-refractivity contribution in [2.24, 2.45) is 17.3 Å². The van der Waals surface area contributed by atoms with Crippen molar-refractivity contribution < 1.29 is 27.2 Å². The molecule has 0 unspecified atom stereocenters. The third-order valence-corrected chi connectivity index (χ3v) is 10.1. The minimum Gasteiger partial charge on any atom is -0.490 e. The van der Waals surface area contributed by atoms with Crippen LogP contribution in [0.1, 0.15) is 39.0 Å². The summed E-state index contributed by atoms with van der Waals surface area (Å²) >= 11 is 0. The second kappa shape index (κ2) is 9.26. The lowest BCUT2D eigenvalue weighted by Gasteiger charge is -2.59. The van der Waals surface area contributed by atoms with Gasteiger partial charge in [-0.3, -0.25) is 8.98 Å². The van der Waals surface area contributed by atoms with E-state index in [2.05, 4.69) is 12.7 Å². The molecule has 2 aromatic carbocycles. The van der Waals surface area contributed by atoms with Gasteiger partial charge in [-0.1, -0.05) is 43.0 Å². The second-order valence-electron chi connectivity index (χ2n) is 10.9. The number of allylic oxidation sites excluding steroid dienone is 1. The zero-order valence-corrected chi connectivity index (χ0v) is 22.5. The molecule has 1 saturated carbocycles. The normalized spacial score (nSPS) is 30.1. The monoisotopic (exact) mass is 525 g/mol. The number of ketones is 1. The molecule has 37 heavy (non-hydrogen) atoms. The Morgan fingerprint density at radius 1 is 1.22 bits per heavy atom. The predicted molar refractivity (Wildman–Crippen MR) is 143 cm³/mol. The fourth-order valence-electron chi connectivity index (χ4n) is 6.71. The molecule has 0 spiro atoms. The van der Waals surface area contributed by atoms with E-state index in [1.165, 1.54) is 6.07 Å². The fraction of sp³-hybridized carbons (Fsp3) is 0.483. The molecular formula is C29H35NO6S. The van der Waals surface area contributed by atoms with Crippen LogP contribution in [0.3, 0.4) is 0 Å². The molecule has 5 rings (SSSR count). The standard InChI is InChI=1S/C29H35NO6S/c1-19-29(27(32)20-10-6-5-7-11-20)18-25(31)23(28(29,2)36-19)16-17-35-37(33,34)26-15-9-12-21-22(26)13-8-14-24(21)30(3)4/h6,8-10,12-15,20,23,27,32H,1,5,7,11,16-18H2,2-4H3/t20-,23+,27+,28+,29+/m1/s1. The van der Waals surface area contributed by atoms with Gasteiger partial charge in [0.25, 0.3) is 10.1 Å². The molecular weight excluding hydrogens is 490 g/mol. The Balaban J connectivity index is 1.35. The number of ether oxygens (including phenoxy) is 1. The van der Waals surface area contributed by atoms with Crippen LogP contribution in [0, 0.1) is 17.3 Å². The lowest BCUT2D eigenvalue weighted by atomic mass is 9.59.